The van der Waals surface area contributed by atoms with Crippen LogP contribution in [0.15, 0.2) is 15.7 Å². The van der Waals surface area contributed by atoms with E-state index in [1.54, 1.807) is 13.8 Å². The molecule has 0 aliphatic heterocycles. The van der Waals surface area contributed by atoms with Crippen molar-refractivity contribution in [3.63, 3.8) is 0 Å². The van der Waals surface area contributed by atoms with Crippen LogP contribution in [-0.4, -0.2) is 20.2 Å². The van der Waals surface area contributed by atoms with Gasteiger partial charge in [-0.25, -0.2) is 8.42 Å². The van der Waals surface area contributed by atoms with Crippen molar-refractivity contribution in [3.8, 4) is 0 Å². The summed E-state index contributed by atoms with van der Waals surface area (Å²) in [6, 6.07) is 1.88. The predicted octanol–water partition coefficient (Wildman–Crippen LogP) is 2.04. The van der Waals surface area contributed by atoms with E-state index in [2.05, 4.69) is 5.32 Å². The van der Waals surface area contributed by atoms with Gasteiger partial charge in [0.25, 0.3) is 0 Å². The molecule has 0 atom stereocenters. The second-order valence-electron chi connectivity index (χ2n) is 3.61. The minimum absolute atomic E-state index is 0.350. The van der Waals surface area contributed by atoms with Gasteiger partial charge in [-0.15, -0.1) is 11.3 Å². The average Bonchev–Trinajstić information content (AvgIpc) is 2.62. The molecule has 15 heavy (non-hydrogen) atoms. The molecular formula is C10H17NO2S2. The number of sulfone groups is 1. The zero-order valence-corrected chi connectivity index (χ0v) is 10.9. The molecule has 0 aliphatic carbocycles. The molecule has 1 heterocycles. The topological polar surface area (TPSA) is 46.2 Å². The Labute approximate surface area is 95.4 Å². The van der Waals surface area contributed by atoms with Crippen molar-refractivity contribution in [1.82, 2.24) is 5.32 Å². The van der Waals surface area contributed by atoms with E-state index in [1.807, 2.05) is 18.4 Å². The smallest absolute Gasteiger partial charge is 0.190 e. The maximum Gasteiger partial charge on any atom is 0.190 e. The third kappa shape index (κ3) is 2.80. The van der Waals surface area contributed by atoms with Crippen molar-refractivity contribution in [3.05, 3.63) is 17.0 Å². The fourth-order valence-corrected chi connectivity index (χ4v) is 4.04. The molecule has 0 amide bonds. The summed E-state index contributed by atoms with van der Waals surface area (Å²) in [6.07, 6.45) is 0. The van der Waals surface area contributed by atoms with Crippen molar-refractivity contribution >= 4 is 21.2 Å². The summed E-state index contributed by atoms with van der Waals surface area (Å²) >= 11 is 1.31. The summed E-state index contributed by atoms with van der Waals surface area (Å²) in [7, 11) is -3.12. The number of thiophene rings is 1. The van der Waals surface area contributed by atoms with Gasteiger partial charge in [0.15, 0.2) is 9.84 Å². The van der Waals surface area contributed by atoms with E-state index in [0.29, 0.717) is 10.8 Å². The molecule has 0 unspecified atom stereocenters. The van der Waals surface area contributed by atoms with Crippen LogP contribution in [0.4, 0.5) is 0 Å². The van der Waals surface area contributed by atoms with Gasteiger partial charge in [0.1, 0.15) is 4.21 Å². The zero-order chi connectivity index (χ0) is 11.5. The zero-order valence-electron chi connectivity index (χ0n) is 9.28. The molecule has 0 aliphatic rings. The minimum atomic E-state index is -3.12. The average molecular weight is 247 g/mol. The summed E-state index contributed by atoms with van der Waals surface area (Å²) < 4.78 is 24.4. The van der Waals surface area contributed by atoms with Gasteiger partial charge in [-0.3, -0.25) is 0 Å². The number of hydrogen-bond donors (Lipinski definition) is 1. The normalized spacial score (nSPS) is 12.3. The Morgan fingerprint density at radius 2 is 2.13 bits per heavy atom. The molecule has 0 bridgehead atoms. The van der Waals surface area contributed by atoms with Gasteiger partial charge in [-0.2, -0.15) is 0 Å². The van der Waals surface area contributed by atoms with E-state index in [-0.39, 0.29) is 5.25 Å². The van der Waals surface area contributed by atoms with E-state index < -0.39 is 9.84 Å². The summed E-state index contributed by atoms with van der Waals surface area (Å²) in [5, 5.41) is 4.63. The van der Waals surface area contributed by atoms with Gasteiger partial charge >= 0.3 is 0 Å². The largest absolute Gasteiger partial charge is 0.313 e. The Morgan fingerprint density at radius 1 is 1.47 bits per heavy atom. The van der Waals surface area contributed by atoms with Gasteiger partial charge in [0, 0.05) is 6.54 Å². The molecule has 0 saturated heterocycles. The van der Waals surface area contributed by atoms with E-state index >= 15 is 0 Å². The Hall–Kier alpha value is -0.390. The molecule has 0 spiro atoms. The third-order valence-corrected chi connectivity index (χ3v) is 5.91. The molecule has 0 aromatic carbocycles. The van der Waals surface area contributed by atoms with Crippen molar-refractivity contribution in [1.29, 1.82) is 0 Å². The van der Waals surface area contributed by atoms with Crippen LogP contribution in [0.25, 0.3) is 0 Å². The Morgan fingerprint density at radius 3 is 2.67 bits per heavy atom. The van der Waals surface area contributed by atoms with Crippen LogP contribution in [0.3, 0.4) is 0 Å². The van der Waals surface area contributed by atoms with E-state index in [9.17, 15) is 8.42 Å². The summed E-state index contributed by atoms with van der Waals surface area (Å²) in [5.41, 5.74) is 0.885. The fraction of sp³-hybridized carbons (Fsp3) is 0.600. The van der Waals surface area contributed by atoms with Crippen molar-refractivity contribution < 1.29 is 8.42 Å². The molecule has 5 heteroatoms. The van der Waals surface area contributed by atoms with E-state index in [1.165, 1.54) is 11.3 Å². The molecule has 1 aromatic heterocycles. The monoisotopic (exact) mass is 247 g/mol. The standard InChI is InChI=1S/C10H17NO2S2/c1-4-11-7-9-5-6-14-10(9)15(12,13)8(2)3/h5-6,8,11H,4,7H2,1-3H3. The molecule has 0 radical (unpaired) electrons. The Bertz CT molecular complexity index is 407. The number of nitrogens with one attached hydrogen (secondary N) is 1. The highest BCUT2D eigenvalue weighted by Crippen LogP contribution is 2.26. The van der Waals surface area contributed by atoms with Crippen LogP contribution in [0, 0.1) is 0 Å². The first-order valence-corrected chi connectivity index (χ1v) is 7.43. The van der Waals surface area contributed by atoms with E-state index in [4.69, 9.17) is 0 Å². The molecule has 0 saturated carbocycles. The second kappa shape index (κ2) is 5.09. The number of rotatable bonds is 5. The lowest BCUT2D eigenvalue weighted by atomic mass is 10.3. The van der Waals surface area contributed by atoms with Crippen LogP contribution in [0.2, 0.25) is 0 Å². The molecule has 1 rings (SSSR count). The highest BCUT2D eigenvalue weighted by molar-refractivity contribution is 7.94. The van der Waals surface area contributed by atoms with Crippen LogP contribution in [0.5, 0.6) is 0 Å². The lowest BCUT2D eigenvalue weighted by Gasteiger charge is -2.08. The van der Waals surface area contributed by atoms with Crippen molar-refractivity contribution in [2.75, 3.05) is 6.54 Å². The maximum absolute atomic E-state index is 12.0. The van der Waals surface area contributed by atoms with Crippen LogP contribution >= 0.6 is 11.3 Å². The van der Waals surface area contributed by atoms with Gasteiger partial charge in [0.05, 0.1) is 5.25 Å². The summed E-state index contributed by atoms with van der Waals surface area (Å²) in [6.45, 7) is 6.90. The first kappa shape index (κ1) is 12.7. The quantitative estimate of drug-likeness (QED) is 0.866. The van der Waals surface area contributed by atoms with Gasteiger partial charge in [-0.05, 0) is 37.4 Å². The molecule has 1 aromatic rings. The molecule has 86 valence electrons. The SMILES string of the molecule is CCNCc1ccsc1S(=O)(=O)C(C)C. The summed E-state index contributed by atoms with van der Waals surface area (Å²) in [4.78, 5) is 0. The van der Waals surface area contributed by atoms with Crippen LogP contribution < -0.4 is 5.32 Å². The number of hydrogen-bond acceptors (Lipinski definition) is 4. The lowest BCUT2D eigenvalue weighted by Crippen LogP contribution is -2.17. The fourth-order valence-electron chi connectivity index (χ4n) is 1.18. The first-order valence-electron chi connectivity index (χ1n) is 5.01. The van der Waals surface area contributed by atoms with E-state index in [0.717, 1.165) is 12.1 Å². The Kier molecular flexibility index (Phi) is 4.31. The molecular weight excluding hydrogens is 230 g/mol. The highest BCUT2D eigenvalue weighted by atomic mass is 32.2. The predicted molar refractivity (Wildman–Crippen MR) is 64.0 cm³/mol. The maximum atomic E-state index is 12.0. The molecule has 3 nitrogen and oxygen atoms in total. The van der Waals surface area contributed by atoms with Gasteiger partial charge in [0.2, 0.25) is 0 Å². The van der Waals surface area contributed by atoms with Gasteiger partial charge < -0.3 is 5.32 Å². The first-order chi connectivity index (χ1) is 7.00. The highest BCUT2D eigenvalue weighted by Gasteiger charge is 2.23. The summed E-state index contributed by atoms with van der Waals surface area (Å²) in [5.74, 6) is 0. The van der Waals surface area contributed by atoms with Crippen molar-refractivity contribution in [2.45, 2.75) is 36.8 Å². The second-order valence-corrected chi connectivity index (χ2v) is 7.22. The van der Waals surface area contributed by atoms with Crippen LogP contribution in [0.1, 0.15) is 26.3 Å². The van der Waals surface area contributed by atoms with Crippen LogP contribution in [-0.2, 0) is 16.4 Å². The molecule has 1 N–H and O–H groups in total. The lowest BCUT2D eigenvalue weighted by molar-refractivity contribution is 0.587. The third-order valence-electron chi connectivity index (χ3n) is 2.15. The minimum Gasteiger partial charge on any atom is -0.313 e. The molecule has 0 fully saturated rings. The Balaban J connectivity index is 3.00. The van der Waals surface area contributed by atoms with Gasteiger partial charge in [-0.1, -0.05) is 6.92 Å². The van der Waals surface area contributed by atoms with Crippen molar-refractivity contribution in [2.24, 2.45) is 0 Å².